The van der Waals surface area contributed by atoms with Crippen molar-refractivity contribution in [3.05, 3.63) is 17.7 Å². The summed E-state index contributed by atoms with van der Waals surface area (Å²) in [6.07, 6.45) is 1.01. The summed E-state index contributed by atoms with van der Waals surface area (Å²) >= 11 is 0. The molecule has 4 heteroatoms. The van der Waals surface area contributed by atoms with E-state index in [0.29, 0.717) is 17.4 Å². The van der Waals surface area contributed by atoms with Gasteiger partial charge in [0.15, 0.2) is 11.5 Å². The topological polar surface area (TPSA) is 39.7 Å². The monoisotopic (exact) mass is 237 g/mol. The van der Waals surface area contributed by atoms with Crippen molar-refractivity contribution in [3.8, 4) is 17.2 Å². The van der Waals surface area contributed by atoms with Crippen LogP contribution in [0.2, 0.25) is 0 Å². The number of rotatable bonds is 5. The van der Waals surface area contributed by atoms with Crippen molar-refractivity contribution in [1.29, 1.82) is 0 Å². The van der Waals surface area contributed by atoms with Crippen molar-refractivity contribution in [3.63, 3.8) is 0 Å². The number of methoxy groups -OCH3 is 3. The zero-order valence-electron chi connectivity index (χ0n) is 10.6. The summed E-state index contributed by atoms with van der Waals surface area (Å²) in [6.45, 7) is 2.16. The second-order valence-corrected chi connectivity index (χ2v) is 4.22. The van der Waals surface area contributed by atoms with Crippen molar-refractivity contribution in [1.82, 2.24) is 5.32 Å². The van der Waals surface area contributed by atoms with E-state index in [1.54, 1.807) is 21.3 Å². The first-order chi connectivity index (χ1) is 8.30. The van der Waals surface area contributed by atoms with E-state index in [1.807, 2.05) is 6.07 Å². The lowest BCUT2D eigenvalue weighted by molar-refractivity contribution is 0.312. The third kappa shape index (κ3) is 2.31. The Hall–Kier alpha value is -1.42. The third-order valence-electron chi connectivity index (χ3n) is 3.16. The average molecular weight is 237 g/mol. The van der Waals surface area contributed by atoms with Gasteiger partial charge in [-0.1, -0.05) is 6.07 Å². The summed E-state index contributed by atoms with van der Waals surface area (Å²) in [7, 11) is 4.93. The molecule has 0 aliphatic carbocycles. The van der Waals surface area contributed by atoms with Gasteiger partial charge < -0.3 is 19.5 Å². The second kappa shape index (κ2) is 5.27. The molecule has 1 saturated heterocycles. The minimum Gasteiger partial charge on any atom is -0.493 e. The van der Waals surface area contributed by atoms with E-state index in [0.717, 1.165) is 25.3 Å². The maximum atomic E-state index is 5.45. The summed E-state index contributed by atoms with van der Waals surface area (Å²) in [6, 6.07) is 3.99. The van der Waals surface area contributed by atoms with Gasteiger partial charge in [-0.25, -0.2) is 0 Å². The van der Waals surface area contributed by atoms with E-state index < -0.39 is 0 Å². The minimum atomic E-state index is 0.680. The van der Waals surface area contributed by atoms with E-state index in [4.69, 9.17) is 14.2 Å². The molecule has 1 aliphatic heterocycles. The predicted molar refractivity (Wildman–Crippen MR) is 66.2 cm³/mol. The summed E-state index contributed by atoms with van der Waals surface area (Å²) in [5.41, 5.74) is 1.18. The molecular weight excluding hydrogens is 218 g/mol. The molecule has 94 valence electrons. The van der Waals surface area contributed by atoms with Gasteiger partial charge in [-0.05, 0) is 37.1 Å². The first kappa shape index (κ1) is 12.0. The van der Waals surface area contributed by atoms with Gasteiger partial charge in [0.2, 0.25) is 5.75 Å². The van der Waals surface area contributed by atoms with Crippen LogP contribution in [0.1, 0.15) is 5.56 Å². The standard InChI is InChI=1S/C13H19NO3/c1-15-11-5-4-10(6-9-7-14-8-9)12(16-2)13(11)17-3/h4-5,9,14H,6-8H2,1-3H3. The Bertz CT molecular complexity index is 388. The van der Waals surface area contributed by atoms with Crippen LogP contribution in [0, 0.1) is 5.92 Å². The van der Waals surface area contributed by atoms with Crippen LogP contribution in [-0.4, -0.2) is 34.4 Å². The Labute approximate surface area is 102 Å². The number of hydrogen-bond acceptors (Lipinski definition) is 4. The van der Waals surface area contributed by atoms with Crippen molar-refractivity contribution in [2.75, 3.05) is 34.4 Å². The molecule has 0 spiro atoms. The fraction of sp³-hybridized carbons (Fsp3) is 0.538. The van der Waals surface area contributed by atoms with Crippen LogP contribution in [0.5, 0.6) is 17.2 Å². The molecule has 17 heavy (non-hydrogen) atoms. The molecule has 1 N–H and O–H groups in total. The number of ether oxygens (including phenoxy) is 3. The second-order valence-electron chi connectivity index (χ2n) is 4.22. The molecule has 2 rings (SSSR count). The molecule has 0 bridgehead atoms. The van der Waals surface area contributed by atoms with Gasteiger partial charge in [-0.2, -0.15) is 0 Å². The smallest absolute Gasteiger partial charge is 0.203 e. The number of benzene rings is 1. The highest BCUT2D eigenvalue weighted by Crippen LogP contribution is 2.40. The SMILES string of the molecule is COc1ccc(CC2CNC2)c(OC)c1OC. The van der Waals surface area contributed by atoms with E-state index in [2.05, 4.69) is 11.4 Å². The normalized spacial score (nSPS) is 15.2. The highest BCUT2D eigenvalue weighted by atomic mass is 16.5. The molecule has 1 aliphatic rings. The molecular formula is C13H19NO3. The first-order valence-electron chi connectivity index (χ1n) is 5.78. The Morgan fingerprint density at radius 3 is 2.24 bits per heavy atom. The van der Waals surface area contributed by atoms with Crippen LogP contribution in [0.25, 0.3) is 0 Å². The van der Waals surface area contributed by atoms with Crippen molar-refractivity contribution < 1.29 is 14.2 Å². The molecule has 0 saturated carbocycles. The molecule has 4 nitrogen and oxygen atoms in total. The molecule has 0 amide bonds. The van der Waals surface area contributed by atoms with Gasteiger partial charge >= 0.3 is 0 Å². The first-order valence-corrected chi connectivity index (χ1v) is 5.78. The van der Waals surface area contributed by atoms with Crippen LogP contribution in [0.4, 0.5) is 0 Å². The maximum Gasteiger partial charge on any atom is 0.203 e. The van der Waals surface area contributed by atoms with Crippen LogP contribution in [0.3, 0.4) is 0 Å². The van der Waals surface area contributed by atoms with E-state index in [-0.39, 0.29) is 0 Å². The summed E-state index contributed by atoms with van der Waals surface area (Å²) in [5.74, 6) is 2.88. The highest BCUT2D eigenvalue weighted by Gasteiger charge is 2.22. The minimum absolute atomic E-state index is 0.680. The van der Waals surface area contributed by atoms with E-state index >= 15 is 0 Å². The highest BCUT2D eigenvalue weighted by molar-refractivity contribution is 5.55. The van der Waals surface area contributed by atoms with E-state index in [1.165, 1.54) is 5.56 Å². The van der Waals surface area contributed by atoms with Crippen LogP contribution >= 0.6 is 0 Å². The zero-order valence-corrected chi connectivity index (χ0v) is 10.6. The Balaban J connectivity index is 2.30. The van der Waals surface area contributed by atoms with Gasteiger partial charge in [0.05, 0.1) is 21.3 Å². The van der Waals surface area contributed by atoms with Gasteiger partial charge in [0, 0.05) is 0 Å². The Morgan fingerprint density at radius 2 is 1.76 bits per heavy atom. The fourth-order valence-corrected chi connectivity index (χ4v) is 2.13. The van der Waals surface area contributed by atoms with Gasteiger partial charge in [0.25, 0.3) is 0 Å². The fourth-order valence-electron chi connectivity index (χ4n) is 2.13. The molecule has 1 fully saturated rings. The van der Waals surface area contributed by atoms with Crippen molar-refractivity contribution >= 4 is 0 Å². The summed E-state index contributed by atoms with van der Waals surface area (Å²) in [4.78, 5) is 0. The lowest BCUT2D eigenvalue weighted by Crippen LogP contribution is -2.43. The molecule has 1 aromatic rings. The van der Waals surface area contributed by atoms with Crippen molar-refractivity contribution in [2.45, 2.75) is 6.42 Å². The lowest BCUT2D eigenvalue weighted by Gasteiger charge is -2.28. The third-order valence-corrected chi connectivity index (χ3v) is 3.16. The molecule has 1 aromatic carbocycles. The van der Waals surface area contributed by atoms with Gasteiger partial charge in [-0.15, -0.1) is 0 Å². The van der Waals surface area contributed by atoms with Crippen LogP contribution in [-0.2, 0) is 6.42 Å². The summed E-state index contributed by atoms with van der Waals surface area (Å²) < 4.78 is 16.1. The molecule has 0 atom stereocenters. The number of nitrogens with one attached hydrogen (secondary N) is 1. The zero-order chi connectivity index (χ0) is 12.3. The largest absolute Gasteiger partial charge is 0.493 e. The van der Waals surface area contributed by atoms with E-state index in [9.17, 15) is 0 Å². The van der Waals surface area contributed by atoms with Gasteiger partial charge in [0.1, 0.15) is 0 Å². The van der Waals surface area contributed by atoms with Crippen LogP contribution < -0.4 is 19.5 Å². The van der Waals surface area contributed by atoms with Crippen molar-refractivity contribution in [2.24, 2.45) is 5.92 Å². The quantitative estimate of drug-likeness (QED) is 0.842. The number of hydrogen-bond donors (Lipinski definition) is 1. The molecule has 0 unspecified atom stereocenters. The molecule has 0 radical (unpaired) electrons. The Morgan fingerprint density at radius 1 is 1.06 bits per heavy atom. The molecule has 0 aromatic heterocycles. The Kier molecular flexibility index (Phi) is 3.74. The summed E-state index contributed by atoms with van der Waals surface area (Å²) in [5, 5.41) is 3.27. The maximum absolute atomic E-state index is 5.45. The predicted octanol–water partition coefficient (Wildman–Crippen LogP) is 1.47. The molecule has 1 heterocycles. The van der Waals surface area contributed by atoms with Crippen LogP contribution in [0.15, 0.2) is 12.1 Å². The average Bonchev–Trinajstić information content (AvgIpc) is 2.32. The lowest BCUT2D eigenvalue weighted by atomic mass is 9.93. The van der Waals surface area contributed by atoms with Gasteiger partial charge in [-0.3, -0.25) is 0 Å².